The zero-order valence-corrected chi connectivity index (χ0v) is 13.5. The molecule has 5 nitrogen and oxygen atoms in total. The first-order valence-corrected chi connectivity index (χ1v) is 8.27. The van der Waals surface area contributed by atoms with Gasteiger partial charge in [0.25, 0.3) is 0 Å². The number of hydrogen-bond donors (Lipinski definition) is 1. The summed E-state index contributed by atoms with van der Waals surface area (Å²) >= 11 is 0. The summed E-state index contributed by atoms with van der Waals surface area (Å²) in [7, 11) is 0. The highest BCUT2D eigenvalue weighted by molar-refractivity contribution is 5.76. The number of nitrogens with zero attached hydrogens (tertiary/aromatic N) is 3. The quantitative estimate of drug-likeness (QED) is 0.884. The summed E-state index contributed by atoms with van der Waals surface area (Å²) in [6.45, 7) is 2.25. The van der Waals surface area contributed by atoms with Crippen LogP contribution in [0.25, 0.3) is 0 Å². The summed E-state index contributed by atoms with van der Waals surface area (Å²) in [5, 5.41) is 3.33. The normalized spacial score (nSPS) is 15.5. The maximum Gasteiger partial charge on any atom is 0.223 e. The van der Waals surface area contributed by atoms with Crippen LogP contribution in [0, 0.1) is 5.82 Å². The third-order valence-corrected chi connectivity index (χ3v) is 4.19. The van der Waals surface area contributed by atoms with Crippen molar-refractivity contribution in [3.05, 3.63) is 59.9 Å². The Balaban J connectivity index is 1.66. The van der Waals surface area contributed by atoms with Crippen LogP contribution in [-0.4, -0.2) is 40.4 Å². The van der Waals surface area contributed by atoms with E-state index in [0.29, 0.717) is 18.8 Å². The summed E-state index contributed by atoms with van der Waals surface area (Å²) in [4.78, 5) is 22.6. The average molecular weight is 328 g/mol. The van der Waals surface area contributed by atoms with Crippen molar-refractivity contribution in [1.29, 1.82) is 0 Å². The second-order valence-electron chi connectivity index (χ2n) is 5.88. The van der Waals surface area contributed by atoms with Crippen molar-refractivity contribution in [2.24, 2.45) is 0 Å². The third-order valence-electron chi connectivity index (χ3n) is 4.19. The summed E-state index contributed by atoms with van der Waals surface area (Å²) in [5.74, 6) is 0.500. The molecule has 1 saturated heterocycles. The fourth-order valence-electron chi connectivity index (χ4n) is 2.92. The number of carbonyl (C=O) groups is 1. The monoisotopic (exact) mass is 328 g/mol. The predicted octanol–water partition coefficient (Wildman–Crippen LogP) is 2.31. The number of halogens is 1. The lowest BCUT2D eigenvalue weighted by Gasteiger charge is -2.19. The number of nitrogens with one attached hydrogen (secondary N) is 1. The van der Waals surface area contributed by atoms with E-state index in [4.69, 9.17) is 0 Å². The second kappa shape index (κ2) is 7.97. The van der Waals surface area contributed by atoms with E-state index in [9.17, 15) is 9.18 Å². The Morgan fingerprint density at radius 2 is 1.83 bits per heavy atom. The lowest BCUT2D eigenvalue weighted by Crippen LogP contribution is -2.32. The van der Waals surface area contributed by atoms with E-state index in [1.165, 1.54) is 12.1 Å². The minimum Gasteiger partial charge on any atom is -0.343 e. The number of benzene rings is 1. The number of likely N-dealkylation sites (tertiary alicyclic amines) is 1. The first-order chi connectivity index (χ1) is 11.7. The van der Waals surface area contributed by atoms with Crippen LogP contribution < -0.4 is 5.32 Å². The molecule has 1 N–H and O–H groups in total. The Morgan fingerprint density at radius 1 is 1.17 bits per heavy atom. The molecule has 1 aromatic heterocycles. The van der Waals surface area contributed by atoms with E-state index in [2.05, 4.69) is 15.3 Å². The van der Waals surface area contributed by atoms with Gasteiger partial charge in [0.15, 0.2) is 0 Å². The molecule has 24 heavy (non-hydrogen) atoms. The van der Waals surface area contributed by atoms with E-state index in [1.54, 1.807) is 30.6 Å². The lowest BCUT2D eigenvalue weighted by molar-refractivity contribution is -0.130. The highest BCUT2D eigenvalue weighted by Gasteiger charge is 2.20. The Hall–Kier alpha value is -2.34. The molecule has 1 atom stereocenters. The molecule has 1 amide bonds. The molecule has 126 valence electrons. The Kier molecular flexibility index (Phi) is 5.48. The molecule has 1 aromatic carbocycles. The molecule has 0 aliphatic carbocycles. The highest BCUT2D eigenvalue weighted by Crippen LogP contribution is 2.19. The van der Waals surface area contributed by atoms with Gasteiger partial charge in [-0.05, 0) is 36.6 Å². The SMILES string of the molecule is O=C(CCN[C@H](c1ccc(F)cc1)c1ncccn1)N1CCCC1. The molecule has 6 heteroatoms. The molecule has 0 unspecified atom stereocenters. The maximum atomic E-state index is 13.2. The van der Waals surface area contributed by atoms with Gasteiger partial charge < -0.3 is 10.2 Å². The van der Waals surface area contributed by atoms with Gasteiger partial charge in [-0.1, -0.05) is 12.1 Å². The van der Waals surface area contributed by atoms with Gasteiger partial charge in [-0.3, -0.25) is 4.79 Å². The van der Waals surface area contributed by atoms with Crippen molar-refractivity contribution < 1.29 is 9.18 Å². The first-order valence-electron chi connectivity index (χ1n) is 8.27. The van der Waals surface area contributed by atoms with Gasteiger partial charge in [0.2, 0.25) is 5.91 Å². The molecular weight excluding hydrogens is 307 g/mol. The Morgan fingerprint density at radius 3 is 2.50 bits per heavy atom. The summed E-state index contributed by atoms with van der Waals surface area (Å²) < 4.78 is 13.2. The molecule has 1 aliphatic heterocycles. The molecule has 0 bridgehead atoms. The van der Waals surface area contributed by atoms with Crippen LogP contribution >= 0.6 is 0 Å². The van der Waals surface area contributed by atoms with Crippen LogP contribution in [-0.2, 0) is 4.79 Å². The number of aromatic nitrogens is 2. The van der Waals surface area contributed by atoms with Crippen LogP contribution in [0.2, 0.25) is 0 Å². The van der Waals surface area contributed by atoms with Crippen molar-refractivity contribution in [3.8, 4) is 0 Å². The van der Waals surface area contributed by atoms with Gasteiger partial charge in [0, 0.05) is 38.4 Å². The topological polar surface area (TPSA) is 58.1 Å². The Labute approximate surface area is 140 Å². The van der Waals surface area contributed by atoms with Gasteiger partial charge >= 0.3 is 0 Å². The lowest BCUT2D eigenvalue weighted by atomic mass is 10.1. The molecule has 2 heterocycles. The van der Waals surface area contributed by atoms with Gasteiger partial charge in [0.1, 0.15) is 11.6 Å². The van der Waals surface area contributed by atoms with E-state index >= 15 is 0 Å². The van der Waals surface area contributed by atoms with E-state index in [1.807, 2.05) is 4.90 Å². The van der Waals surface area contributed by atoms with Crippen LogP contribution in [0.3, 0.4) is 0 Å². The molecule has 1 aliphatic rings. The molecule has 2 aromatic rings. The van der Waals surface area contributed by atoms with Crippen LogP contribution in [0.15, 0.2) is 42.7 Å². The molecule has 0 saturated carbocycles. The van der Waals surface area contributed by atoms with Crippen molar-refractivity contribution in [2.45, 2.75) is 25.3 Å². The summed E-state index contributed by atoms with van der Waals surface area (Å²) in [6, 6.07) is 7.75. The van der Waals surface area contributed by atoms with Gasteiger partial charge in [0.05, 0.1) is 6.04 Å². The first kappa shape index (κ1) is 16.5. The largest absolute Gasteiger partial charge is 0.343 e. The van der Waals surface area contributed by atoms with Crippen molar-refractivity contribution in [1.82, 2.24) is 20.2 Å². The minimum absolute atomic E-state index is 0.173. The predicted molar refractivity (Wildman–Crippen MR) is 88.7 cm³/mol. The van der Waals surface area contributed by atoms with Crippen LogP contribution in [0.1, 0.15) is 36.7 Å². The molecule has 1 fully saturated rings. The minimum atomic E-state index is -0.282. The molecular formula is C18H21FN4O. The van der Waals surface area contributed by atoms with Crippen molar-refractivity contribution in [2.75, 3.05) is 19.6 Å². The number of amides is 1. The molecule has 3 rings (SSSR count). The average Bonchev–Trinajstić information content (AvgIpc) is 3.15. The van der Waals surface area contributed by atoms with Crippen molar-refractivity contribution in [3.63, 3.8) is 0 Å². The zero-order chi connectivity index (χ0) is 16.8. The van der Waals surface area contributed by atoms with Gasteiger partial charge in [-0.25, -0.2) is 14.4 Å². The van der Waals surface area contributed by atoms with Gasteiger partial charge in [-0.15, -0.1) is 0 Å². The van der Waals surface area contributed by atoms with Gasteiger partial charge in [-0.2, -0.15) is 0 Å². The summed E-state index contributed by atoms with van der Waals surface area (Å²) in [5.41, 5.74) is 0.872. The summed E-state index contributed by atoms with van der Waals surface area (Å²) in [6.07, 6.45) is 5.97. The van der Waals surface area contributed by atoms with E-state index < -0.39 is 0 Å². The molecule has 0 radical (unpaired) electrons. The highest BCUT2D eigenvalue weighted by atomic mass is 19.1. The fraction of sp³-hybridized carbons (Fsp3) is 0.389. The number of rotatable bonds is 6. The molecule has 0 spiro atoms. The second-order valence-corrected chi connectivity index (χ2v) is 5.88. The number of carbonyl (C=O) groups excluding carboxylic acids is 1. The van der Waals surface area contributed by atoms with E-state index in [-0.39, 0.29) is 17.8 Å². The van der Waals surface area contributed by atoms with Crippen molar-refractivity contribution >= 4 is 5.91 Å². The maximum absolute atomic E-state index is 13.2. The Bertz CT molecular complexity index is 656. The smallest absolute Gasteiger partial charge is 0.223 e. The fourth-order valence-corrected chi connectivity index (χ4v) is 2.92. The zero-order valence-electron chi connectivity index (χ0n) is 13.5. The van der Waals surface area contributed by atoms with Crippen LogP contribution in [0.5, 0.6) is 0 Å². The van der Waals surface area contributed by atoms with Crippen LogP contribution in [0.4, 0.5) is 4.39 Å². The standard InChI is InChI=1S/C18H21FN4O/c19-15-6-4-14(5-7-15)17(18-21-9-3-10-22-18)20-11-8-16(24)23-12-1-2-13-23/h3-7,9-10,17,20H,1-2,8,11-13H2/t17-/m1/s1. The van der Waals surface area contributed by atoms with E-state index in [0.717, 1.165) is 31.5 Å². The number of hydrogen-bond acceptors (Lipinski definition) is 4. The third kappa shape index (κ3) is 4.14.